The lowest BCUT2D eigenvalue weighted by molar-refractivity contribution is -0.129. The number of benzene rings is 1. The van der Waals surface area contributed by atoms with Crippen LogP contribution >= 0.6 is 0 Å². The highest BCUT2D eigenvalue weighted by Crippen LogP contribution is 2.28. The van der Waals surface area contributed by atoms with Crippen LogP contribution in [0, 0.1) is 0 Å². The minimum Gasteiger partial charge on any atom is -0.460 e. The second kappa shape index (κ2) is 7.59. The van der Waals surface area contributed by atoms with E-state index in [0.29, 0.717) is 5.92 Å². The number of para-hydroxylation sites is 1. The van der Waals surface area contributed by atoms with E-state index in [9.17, 15) is 4.79 Å². The molecule has 1 fully saturated rings. The number of hydrogen-bond acceptors (Lipinski definition) is 5. The van der Waals surface area contributed by atoms with E-state index in [1.165, 1.54) is 11.3 Å². The van der Waals surface area contributed by atoms with Gasteiger partial charge in [-0.25, -0.2) is 9.97 Å². The summed E-state index contributed by atoms with van der Waals surface area (Å²) in [6.45, 7) is 5.91. The molecule has 6 nitrogen and oxygen atoms in total. The van der Waals surface area contributed by atoms with E-state index in [1.807, 2.05) is 29.3 Å². The SMILES string of the molecule is CC(=O)N1CCC(c2ncc3c(n2)CCN(Cc2cc4ccccc4o2)C3)CC1. The number of fused-ring (bicyclic) bond motifs is 2. The molecule has 1 amide bonds. The third-order valence-electron chi connectivity index (χ3n) is 6.19. The largest absolute Gasteiger partial charge is 0.460 e. The molecule has 2 aromatic heterocycles. The van der Waals surface area contributed by atoms with Crippen LogP contribution < -0.4 is 0 Å². The van der Waals surface area contributed by atoms with Gasteiger partial charge in [-0.3, -0.25) is 9.69 Å². The number of piperidine rings is 1. The van der Waals surface area contributed by atoms with Crippen LogP contribution in [0.2, 0.25) is 0 Å². The van der Waals surface area contributed by atoms with E-state index in [-0.39, 0.29) is 5.91 Å². The van der Waals surface area contributed by atoms with Gasteiger partial charge in [0.25, 0.3) is 0 Å². The van der Waals surface area contributed by atoms with Crippen LogP contribution in [0.15, 0.2) is 40.9 Å². The number of likely N-dealkylation sites (tertiary alicyclic amines) is 1. The van der Waals surface area contributed by atoms with Gasteiger partial charge in [0.2, 0.25) is 5.91 Å². The molecule has 0 bridgehead atoms. The Kier molecular flexibility index (Phi) is 4.79. The zero-order valence-corrected chi connectivity index (χ0v) is 16.8. The van der Waals surface area contributed by atoms with Gasteiger partial charge >= 0.3 is 0 Å². The molecule has 1 aromatic carbocycles. The Labute approximate surface area is 170 Å². The minimum atomic E-state index is 0.166. The summed E-state index contributed by atoms with van der Waals surface area (Å²) in [4.78, 5) is 25.5. The van der Waals surface area contributed by atoms with Crippen molar-refractivity contribution in [3.63, 3.8) is 0 Å². The average Bonchev–Trinajstić information content (AvgIpc) is 3.15. The maximum atomic E-state index is 11.5. The zero-order chi connectivity index (χ0) is 19.8. The van der Waals surface area contributed by atoms with Crippen molar-refractivity contribution in [3.8, 4) is 0 Å². The normalized spacial score (nSPS) is 18.2. The summed E-state index contributed by atoms with van der Waals surface area (Å²) in [6, 6.07) is 10.3. The van der Waals surface area contributed by atoms with Gasteiger partial charge in [-0.05, 0) is 25.0 Å². The summed E-state index contributed by atoms with van der Waals surface area (Å²) >= 11 is 0. The monoisotopic (exact) mass is 390 g/mol. The summed E-state index contributed by atoms with van der Waals surface area (Å²) in [5, 5.41) is 1.16. The average molecular weight is 390 g/mol. The van der Waals surface area contributed by atoms with Gasteiger partial charge in [-0.1, -0.05) is 18.2 Å². The highest BCUT2D eigenvalue weighted by atomic mass is 16.3. The van der Waals surface area contributed by atoms with Crippen molar-refractivity contribution in [2.24, 2.45) is 0 Å². The third kappa shape index (κ3) is 3.77. The highest BCUT2D eigenvalue weighted by molar-refractivity contribution is 5.77. The Morgan fingerprint density at radius 3 is 2.83 bits per heavy atom. The van der Waals surface area contributed by atoms with Gasteiger partial charge in [0.15, 0.2) is 0 Å². The van der Waals surface area contributed by atoms with E-state index in [4.69, 9.17) is 14.4 Å². The Bertz CT molecular complexity index is 1000. The lowest BCUT2D eigenvalue weighted by Crippen LogP contribution is -2.37. The molecule has 6 heteroatoms. The van der Waals surface area contributed by atoms with E-state index in [0.717, 1.165) is 74.5 Å². The standard InChI is InChI=1S/C23H26N4O2/c1-16(28)27-10-6-17(7-11-27)23-24-13-19-14-26(9-8-21(19)25-23)15-20-12-18-4-2-3-5-22(18)29-20/h2-5,12-13,17H,6-11,14-15H2,1H3. The van der Waals surface area contributed by atoms with Crippen LogP contribution in [0.25, 0.3) is 11.0 Å². The first-order valence-corrected chi connectivity index (χ1v) is 10.5. The second-order valence-corrected chi connectivity index (χ2v) is 8.19. The summed E-state index contributed by atoms with van der Waals surface area (Å²) in [5.41, 5.74) is 3.35. The van der Waals surface area contributed by atoms with Crippen LogP contribution in [-0.4, -0.2) is 45.3 Å². The molecule has 0 spiro atoms. The molecule has 4 heterocycles. The van der Waals surface area contributed by atoms with Crippen molar-refractivity contribution in [2.75, 3.05) is 19.6 Å². The molecule has 0 radical (unpaired) electrons. The van der Waals surface area contributed by atoms with Gasteiger partial charge < -0.3 is 9.32 Å². The smallest absolute Gasteiger partial charge is 0.219 e. The predicted octanol–water partition coefficient (Wildman–Crippen LogP) is 3.51. The Hall–Kier alpha value is -2.73. The Morgan fingerprint density at radius 2 is 2.03 bits per heavy atom. The first-order valence-electron chi connectivity index (χ1n) is 10.5. The van der Waals surface area contributed by atoms with Crippen LogP contribution in [0.3, 0.4) is 0 Å². The fourth-order valence-electron chi connectivity index (χ4n) is 4.51. The summed E-state index contributed by atoms with van der Waals surface area (Å²) in [7, 11) is 0. The van der Waals surface area contributed by atoms with Gasteiger partial charge in [-0.2, -0.15) is 0 Å². The summed E-state index contributed by atoms with van der Waals surface area (Å²) in [5.74, 6) is 2.49. The molecule has 3 aromatic rings. The molecule has 0 N–H and O–H groups in total. The minimum absolute atomic E-state index is 0.166. The summed E-state index contributed by atoms with van der Waals surface area (Å²) < 4.78 is 5.98. The Balaban J connectivity index is 1.25. The molecule has 29 heavy (non-hydrogen) atoms. The lowest BCUT2D eigenvalue weighted by atomic mass is 9.95. The number of furan rings is 1. The van der Waals surface area contributed by atoms with Crippen molar-refractivity contribution in [3.05, 3.63) is 59.4 Å². The maximum absolute atomic E-state index is 11.5. The number of amides is 1. The van der Waals surface area contributed by atoms with Crippen LogP contribution in [0.1, 0.15) is 48.5 Å². The van der Waals surface area contributed by atoms with Crippen LogP contribution in [0.4, 0.5) is 0 Å². The van der Waals surface area contributed by atoms with Crippen molar-refractivity contribution in [2.45, 2.75) is 45.2 Å². The number of carbonyl (C=O) groups is 1. The molecule has 2 aliphatic heterocycles. The molecule has 5 rings (SSSR count). The van der Waals surface area contributed by atoms with E-state index in [2.05, 4.69) is 17.0 Å². The number of aromatic nitrogens is 2. The molecule has 0 atom stereocenters. The molecule has 150 valence electrons. The third-order valence-corrected chi connectivity index (χ3v) is 6.19. The van der Waals surface area contributed by atoms with Crippen molar-refractivity contribution < 1.29 is 9.21 Å². The number of hydrogen-bond donors (Lipinski definition) is 0. The van der Waals surface area contributed by atoms with E-state index >= 15 is 0 Å². The molecular formula is C23H26N4O2. The topological polar surface area (TPSA) is 62.5 Å². The predicted molar refractivity (Wildman–Crippen MR) is 110 cm³/mol. The number of nitrogens with zero attached hydrogens (tertiary/aromatic N) is 4. The molecule has 1 saturated heterocycles. The van der Waals surface area contributed by atoms with Crippen molar-refractivity contribution in [1.29, 1.82) is 0 Å². The van der Waals surface area contributed by atoms with Gasteiger partial charge in [-0.15, -0.1) is 0 Å². The van der Waals surface area contributed by atoms with Gasteiger partial charge in [0, 0.05) is 68.3 Å². The fraction of sp³-hybridized carbons (Fsp3) is 0.435. The first kappa shape index (κ1) is 18.3. The van der Waals surface area contributed by atoms with E-state index < -0.39 is 0 Å². The lowest BCUT2D eigenvalue weighted by Gasteiger charge is -2.31. The van der Waals surface area contributed by atoms with Crippen molar-refractivity contribution >= 4 is 16.9 Å². The van der Waals surface area contributed by atoms with Crippen molar-refractivity contribution in [1.82, 2.24) is 19.8 Å². The maximum Gasteiger partial charge on any atom is 0.219 e. The molecule has 2 aliphatic rings. The van der Waals surface area contributed by atoms with Crippen LogP contribution in [0.5, 0.6) is 0 Å². The van der Waals surface area contributed by atoms with Gasteiger partial charge in [0.1, 0.15) is 17.2 Å². The quantitative estimate of drug-likeness (QED) is 0.685. The summed E-state index contributed by atoms with van der Waals surface area (Å²) in [6.07, 6.45) is 4.87. The molecule has 0 saturated carbocycles. The zero-order valence-electron chi connectivity index (χ0n) is 16.8. The fourth-order valence-corrected chi connectivity index (χ4v) is 4.51. The molecular weight excluding hydrogens is 364 g/mol. The number of rotatable bonds is 3. The second-order valence-electron chi connectivity index (χ2n) is 8.19. The van der Waals surface area contributed by atoms with E-state index in [1.54, 1.807) is 6.92 Å². The molecule has 0 aliphatic carbocycles. The first-order chi connectivity index (χ1) is 14.2. The van der Waals surface area contributed by atoms with Gasteiger partial charge in [0.05, 0.1) is 6.54 Å². The highest BCUT2D eigenvalue weighted by Gasteiger charge is 2.26. The van der Waals surface area contributed by atoms with Crippen LogP contribution in [-0.2, 0) is 24.3 Å². The molecule has 0 unspecified atom stereocenters. The number of carbonyl (C=O) groups excluding carboxylic acids is 1. The Morgan fingerprint density at radius 1 is 1.21 bits per heavy atom.